The van der Waals surface area contributed by atoms with Gasteiger partial charge in [0.05, 0.1) is 23.0 Å². The highest BCUT2D eigenvalue weighted by atomic mass is 19.1. The van der Waals surface area contributed by atoms with E-state index in [9.17, 15) is 29.1 Å². The van der Waals surface area contributed by atoms with Gasteiger partial charge in [0, 0.05) is 6.07 Å². The summed E-state index contributed by atoms with van der Waals surface area (Å²) >= 11 is 0. The van der Waals surface area contributed by atoms with E-state index >= 15 is 0 Å². The van der Waals surface area contributed by atoms with Gasteiger partial charge in [0.25, 0.3) is 11.8 Å². The zero-order valence-corrected chi connectivity index (χ0v) is 14.4. The Hall–Kier alpha value is -3.20. The van der Waals surface area contributed by atoms with Gasteiger partial charge in [-0.3, -0.25) is 19.2 Å². The average molecular weight is 376 g/mol. The summed E-state index contributed by atoms with van der Waals surface area (Å²) in [5.74, 6) is -2.26. The number of amides is 2. The number of carbonyl (C=O) groups is 2. The highest BCUT2D eigenvalue weighted by molar-refractivity contribution is 6.20. The number of nitrogens with zero attached hydrogens (tertiary/aromatic N) is 2. The highest BCUT2D eigenvalue weighted by Crippen LogP contribution is 2.28. The monoisotopic (exact) mass is 376 g/mol. The molecule has 142 valence electrons. The molecule has 1 atom stereocenters. The first kappa shape index (κ1) is 18.6. The fourth-order valence-electron chi connectivity index (χ4n) is 2.86. The first-order valence-corrected chi connectivity index (χ1v) is 8.26. The molecule has 0 bridgehead atoms. The van der Waals surface area contributed by atoms with Crippen molar-refractivity contribution in [2.75, 3.05) is 6.67 Å². The Morgan fingerprint density at radius 3 is 2.52 bits per heavy atom. The van der Waals surface area contributed by atoms with Crippen molar-refractivity contribution in [2.45, 2.75) is 25.9 Å². The summed E-state index contributed by atoms with van der Waals surface area (Å²) in [6.07, 6.45) is 0.649. The predicted octanol–water partition coefficient (Wildman–Crippen LogP) is 1.98. The van der Waals surface area contributed by atoms with E-state index in [-0.39, 0.29) is 16.8 Å². The zero-order chi connectivity index (χ0) is 19.7. The number of alkyl halides is 1. The molecule has 2 N–H and O–H groups in total. The summed E-state index contributed by atoms with van der Waals surface area (Å²) in [7, 11) is 0. The van der Waals surface area contributed by atoms with E-state index in [4.69, 9.17) is 4.84 Å². The molecule has 1 aromatic heterocycles. The molecule has 8 nitrogen and oxygen atoms in total. The van der Waals surface area contributed by atoms with Gasteiger partial charge in [-0.15, -0.1) is 5.06 Å². The number of hydroxylamine groups is 2. The second-order valence-electron chi connectivity index (χ2n) is 6.08. The standard InChI is InChI=1S/C18H17FN2O6/c1-2-3-10-4-5-11-12(6-10)18(25)21(17(11)24)27-16(8-19)13-7-14(22)15(23)9-20(13)26/h4-7,9,16,23,26H,2-3,8H2,1H3. The van der Waals surface area contributed by atoms with Gasteiger partial charge in [-0.25, -0.2) is 4.39 Å². The SMILES string of the molecule is CCCc1ccc2c(c1)C(=O)N(OC(CF)c1cc(=O)c(O)cn1O)C2=O. The van der Waals surface area contributed by atoms with Crippen LogP contribution in [0.5, 0.6) is 5.75 Å². The third-order valence-electron chi connectivity index (χ3n) is 4.20. The fraction of sp³-hybridized carbons (Fsp3) is 0.278. The number of aromatic nitrogens is 1. The van der Waals surface area contributed by atoms with Gasteiger partial charge < -0.3 is 10.3 Å². The molecule has 9 heteroatoms. The summed E-state index contributed by atoms with van der Waals surface area (Å²) < 4.78 is 13.8. The molecule has 3 rings (SSSR count). The highest BCUT2D eigenvalue weighted by Gasteiger charge is 2.39. The molecule has 0 radical (unpaired) electrons. The maximum absolute atomic E-state index is 13.5. The number of imide groups is 1. The van der Waals surface area contributed by atoms with E-state index in [1.54, 1.807) is 12.1 Å². The smallest absolute Gasteiger partial charge is 0.285 e. The summed E-state index contributed by atoms with van der Waals surface area (Å²) in [5, 5.41) is 19.5. The Morgan fingerprint density at radius 2 is 1.85 bits per heavy atom. The van der Waals surface area contributed by atoms with Crippen molar-refractivity contribution < 1.29 is 29.1 Å². The lowest BCUT2D eigenvalue weighted by Gasteiger charge is -2.21. The van der Waals surface area contributed by atoms with Gasteiger partial charge in [-0.1, -0.05) is 19.4 Å². The molecule has 1 aliphatic heterocycles. The molecule has 0 fully saturated rings. The van der Waals surface area contributed by atoms with Crippen LogP contribution in [0.3, 0.4) is 0 Å². The number of carbonyl (C=O) groups excluding carboxylic acids is 2. The molecule has 2 aromatic rings. The van der Waals surface area contributed by atoms with Crippen molar-refractivity contribution in [2.24, 2.45) is 0 Å². The van der Waals surface area contributed by atoms with Crippen LogP contribution in [-0.2, 0) is 11.3 Å². The molecule has 1 unspecified atom stereocenters. The van der Waals surface area contributed by atoms with E-state index < -0.39 is 35.8 Å². The minimum Gasteiger partial charge on any atom is -0.503 e. The van der Waals surface area contributed by atoms with Crippen molar-refractivity contribution in [3.05, 3.63) is 63.1 Å². The van der Waals surface area contributed by atoms with Crippen LogP contribution in [-0.4, -0.2) is 38.6 Å². The van der Waals surface area contributed by atoms with Crippen LogP contribution in [0.15, 0.2) is 35.3 Å². The maximum atomic E-state index is 13.5. The van der Waals surface area contributed by atoms with E-state index in [0.717, 1.165) is 24.5 Å². The van der Waals surface area contributed by atoms with Crippen molar-refractivity contribution in [1.82, 2.24) is 9.79 Å². The molecule has 0 saturated heterocycles. The van der Waals surface area contributed by atoms with Crippen molar-refractivity contribution in [3.63, 3.8) is 0 Å². The third kappa shape index (κ3) is 3.28. The van der Waals surface area contributed by atoms with Gasteiger partial charge in [-0.2, -0.15) is 4.73 Å². The van der Waals surface area contributed by atoms with E-state index in [1.807, 2.05) is 6.92 Å². The molecule has 1 aliphatic rings. The molecular weight excluding hydrogens is 359 g/mol. The lowest BCUT2D eigenvalue weighted by molar-refractivity contribution is -0.144. The number of hydrogen-bond donors (Lipinski definition) is 2. The van der Waals surface area contributed by atoms with Crippen LogP contribution >= 0.6 is 0 Å². The van der Waals surface area contributed by atoms with Gasteiger partial charge >= 0.3 is 0 Å². The van der Waals surface area contributed by atoms with E-state index in [2.05, 4.69) is 0 Å². The molecule has 27 heavy (non-hydrogen) atoms. The zero-order valence-electron chi connectivity index (χ0n) is 14.4. The Morgan fingerprint density at radius 1 is 1.15 bits per heavy atom. The maximum Gasteiger partial charge on any atom is 0.285 e. The van der Waals surface area contributed by atoms with Gasteiger partial charge in [-0.05, 0) is 24.1 Å². The molecule has 1 aromatic carbocycles. The molecule has 0 aliphatic carbocycles. The Kier molecular flexibility index (Phi) is 4.95. The number of hydrogen-bond acceptors (Lipinski definition) is 6. The summed E-state index contributed by atoms with van der Waals surface area (Å²) in [5.41, 5.74) is -0.0725. The first-order valence-electron chi connectivity index (χ1n) is 8.26. The van der Waals surface area contributed by atoms with E-state index in [1.165, 1.54) is 6.07 Å². The lowest BCUT2D eigenvalue weighted by Crippen LogP contribution is -2.33. The van der Waals surface area contributed by atoms with Crippen LogP contribution in [0.25, 0.3) is 0 Å². The topological polar surface area (TPSA) is 109 Å². The number of pyridine rings is 1. The van der Waals surface area contributed by atoms with Gasteiger partial charge in [0.2, 0.25) is 5.43 Å². The summed E-state index contributed by atoms with van der Waals surface area (Å²) in [6, 6.07) is 5.60. The number of benzene rings is 1. The largest absolute Gasteiger partial charge is 0.503 e. The minimum absolute atomic E-state index is 0.129. The van der Waals surface area contributed by atoms with Crippen molar-refractivity contribution >= 4 is 11.8 Å². The molecule has 2 heterocycles. The summed E-state index contributed by atoms with van der Waals surface area (Å²) in [4.78, 5) is 41.7. The van der Waals surface area contributed by atoms with Crippen LogP contribution < -0.4 is 5.43 Å². The Balaban J connectivity index is 1.90. The van der Waals surface area contributed by atoms with Crippen molar-refractivity contribution in [1.29, 1.82) is 0 Å². The Bertz CT molecular complexity index is 971. The minimum atomic E-state index is -1.61. The van der Waals surface area contributed by atoms with E-state index in [0.29, 0.717) is 16.0 Å². The fourth-order valence-corrected chi connectivity index (χ4v) is 2.86. The number of rotatable bonds is 6. The van der Waals surface area contributed by atoms with Crippen LogP contribution in [0.1, 0.15) is 51.4 Å². The summed E-state index contributed by atoms with van der Waals surface area (Å²) in [6.45, 7) is 0.743. The molecule has 0 spiro atoms. The first-order chi connectivity index (χ1) is 12.9. The van der Waals surface area contributed by atoms with Crippen molar-refractivity contribution in [3.8, 4) is 5.75 Å². The second kappa shape index (κ2) is 7.20. The quantitative estimate of drug-likeness (QED) is 0.589. The second-order valence-corrected chi connectivity index (χ2v) is 6.08. The van der Waals surface area contributed by atoms with Gasteiger partial charge in [0.1, 0.15) is 6.67 Å². The molecular formula is C18H17FN2O6. The normalized spacial score (nSPS) is 14.5. The molecule has 0 saturated carbocycles. The number of aryl methyl sites for hydroxylation is 1. The number of aromatic hydroxyl groups is 1. The third-order valence-corrected chi connectivity index (χ3v) is 4.20. The average Bonchev–Trinajstić information content (AvgIpc) is 2.87. The Labute approximate surface area is 152 Å². The number of fused-ring (bicyclic) bond motifs is 1. The van der Waals surface area contributed by atoms with Gasteiger partial charge in [0.15, 0.2) is 11.9 Å². The predicted molar refractivity (Wildman–Crippen MR) is 90.3 cm³/mol. The molecule has 2 amide bonds. The van der Waals surface area contributed by atoms with Crippen LogP contribution in [0.4, 0.5) is 4.39 Å². The lowest BCUT2D eigenvalue weighted by atomic mass is 10.0. The number of halogens is 1. The van der Waals surface area contributed by atoms with Crippen LogP contribution in [0, 0.1) is 0 Å². The van der Waals surface area contributed by atoms with Crippen LogP contribution in [0.2, 0.25) is 0 Å².